The molecule has 5 nitrogen and oxygen atoms in total. The standard InChI is InChI=1S/C22H29N3O2/c1-18-14-19(2)16-21(15-18)22(26)25(17-20-4-6-23-7-5-20)9-3-8-24-10-12-27-13-11-24/h4-7,14-16H,3,8-13,17H2,1-2H3. The second kappa shape index (κ2) is 9.62. The van der Waals surface area contributed by atoms with Crippen molar-refractivity contribution in [1.82, 2.24) is 14.8 Å². The lowest BCUT2D eigenvalue weighted by molar-refractivity contribution is 0.0355. The topological polar surface area (TPSA) is 45.7 Å². The van der Waals surface area contributed by atoms with Crippen LogP contribution in [0.1, 0.15) is 33.5 Å². The molecule has 0 bridgehead atoms. The fourth-order valence-electron chi connectivity index (χ4n) is 3.55. The van der Waals surface area contributed by atoms with Crippen LogP contribution in [0.2, 0.25) is 0 Å². The van der Waals surface area contributed by atoms with E-state index in [2.05, 4.69) is 16.0 Å². The molecular weight excluding hydrogens is 338 g/mol. The lowest BCUT2D eigenvalue weighted by atomic mass is 10.1. The summed E-state index contributed by atoms with van der Waals surface area (Å²) in [5.74, 6) is 0.0978. The van der Waals surface area contributed by atoms with E-state index in [0.717, 1.165) is 68.1 Å². The molecule has 1 aliphatic heterocycles. The summed E-state index contributed by atoms with van der Waals surface area (Å²) in [4.78, 5) is 21.7. The predicted molar refractivity (Wildman–Crippen MR) is 107 cm³/mol. The Morgan fingerprint density at radius 1 is 1.11 bits per heavy atom. The Morgan fingerprint density at radius 3 is 2.44 bits per heavy atom. The van der Waals surface area contributed by atoms with Crippen LogP contribution >= 0.6 is 0 Å². The minimum atomic E-state index is 0.0978. The molecule has 3 rings (SSSR count). The number of carbonyl (C=O) groups is 1. The molecule has 27 heavy (non-hydrogen) atoms. The van der Waals surface area contributed by atoms with Gasteiger partial charge in [-0.2, -0.15) is 0 Å². The quantitative estimate of drug-likeness (QED) is 0.755. The van der Waals surface area contributed by atoms with Crippen molar-refractivity contribution in [3.63, 3.8) is 0 Å². The van der Waals surface area contributed by atoms with E-state index >= 15 is 0 Å². The Bertz CT molecular complexity index is 722. The third-order valence-electron chi connectivity index (χ3n) is 4.88. The SMILES string of the molecule is Cc1cc(C)cc(C(=O)N(CCCN2CCOCC2)Cc2ccncc2)c1. The highest BCUT2D eigenvalue weighted by Crippen LogP contribution is 2.14. The van der Waals surface area contributed by atoms with Crippen molar-refractivity contribution in [2.45, 2.75) is 26.8 Å². The smallest absolute Gasteiger partial charge is 0.254 e. The molecule has 0 aliphatic carbocycles. The third kappa shape index (κ3) is 5.88. The molecule has 1 amide bonds. The summed E-state index contributed by atoms with van der Waals surface area (Å²) in [6.07, 6.45) is 4.52. The van der Waals surface area contributed by atoms with Crippen LogP contribution in [0, 0.1) is 13.8 Å². The molecule has 0 atom stereocenters. The molecule has 1 saturated heterocycles. The molecule has 0 unspecified atom stereocenters. The van der Waals surface area contributed by atoms with Crippen LogP contribution in [-0.4, -0.2) is 60.1 Å². The van der Waals surface area contributed by atoms with Crippen molar-refractivity contribution in [1.29, 1.82) is 0 Å². The molecule has 144 valence electrons. The van der Waals surface area contributed by atoms with Gasteiger partial charge in [-0.25, -0.2) is 0 Å². The number of aryl methyl sites for hydroxylation is 2. The summed E-state index contributed by atoms with van der Waals surface area (Å²) >= 11 is 0. The van der Waals surface area contributed by atoms with E-state index in [0.29, 0.717) is 6.54 Å². The van der Waals surface area contributed by atoms with Crippen molar-refractivity contribution in [3.8, 4) is 0 Å². The van der Waals surface area contributed by atoms with E-state index in [1.165, 1.54) is 0 Å². The monoisotopic (exact) mass is 367 g/mol. The molecule has 5 heteroatoms. The highest BCUT2D eigenvalue weighted by Gasteiger charge is 2.18. The number of pyridine rings is 1. The first kappa shape index (κ1) is 19.5. The first-order chi connectivity index (χ1) is 13.1. The molecule has 1 aliphatic rings. The van der Waals surface area contributed by atoms with Gasteiger partial charge in [0.25, 0.3) is 5.91 Å². The van der Waals surface area contributed by atoms with Gasteiger partial charge in [0.05, 0.1) is 13.2 Å². The van der Waals surface area contributed by atoms with Crippen molar-refractivity contribution in [2.75, 3.05) is 39.4 Å². The highest BCUT2D eigenvalue weighted by atomic mass is 16.5. The van der Waals surface area contributed by atoms with Crippen molar-refractivity contribution in [2.24, 2.45) is 0 Å². The maximum Gasteiger partial charge on any atom is 0.254 e. The third-order valence-corrected chi connectivity index (χ3v) is 4.88. The zero-order valence-electron chi connectivity index (χ0n) is 16.4. The molecule has 2 heterocycles. The average Bonchev–Trinajstić information content (AvgIpc) is 2.67. The number of hydrogen-bond donors (Lipinski definition) is 0. The van der Waals surface area contributed by atoms with Crippen LogP contribution < -0.4 is 0 Å². The van der Waals surface area contributed by atoms with Gasteiger partial charge in [-0.1, -0.05) is 17.2 Å². The Hall–Kier alpha value is -2.24. The van der Waals surface area contributed by atoms with E-state index in [1.807, 2.05) is 43.0 Å². The molecule has 2 aromatic rings. The summed E-state index contributed by atoms with van der Waals surface area (Å²) in [7, 11) is 0. The molecule has 0 spiro atoms. The predicted octanol–water partition coefficient (Wildman–Crippen LogP) is 3.06. The Kier molecular flexibility index (Phi) is 6.96. The maximum atomic E-state index is 13.2. The average molecular weight is 367 g/mol. The van der Waals surface area contributed by atoms with Gasteiger partial charge in [0.2, 0.25) is 0 Å². The zero-order chi connectivity index (χ0) is 19.1. The number of ether oxygens (including phenoxy) is 1. The summed E-state index contributed by atoms with van der Waals surface area (Å²) < 4.78 is 5.41. The second-order valence-corrected chi connectivity index (χ2v) is 7.27. The summed E-state index contributed by atoms with van der Waals surface area (Å²) in [5.41, 5.74) is 4.12. The first-order valence-corrected chi connectivity index (χ1v) is 9.68. The number of nitrogens with zero attached hydrogens (tertiary/aromatic N) is 3. The Balaban J connectivity index is 1.69. The van der Waals surface area contributed by atoms with E-state index in [9.17, 15) is 4.79 Å². The van der Waals surface area contributed by atoms with Crippen molar-refractivity contribution in [3.05, 3.63) is 65.0 Å². The number of aromatic nitrogens is 1. The number of morpholine rings is 1. The molecule has 0 radical (unpaired) electrons. The van der Waals surface area contributed by atoms with Gasteiger partial charge in [0, 0.05) is 50.7 Å². The van der Waals surface area contributed by atoms with E-state index in [1.54, 1.807) is 12.4 Å². The Labute approximate surface area is 162 Å². The van der Waals surface area contributed by atoms with Crippen molar-refractivity contribution < 1.29 is 9.53 Å². The van der Waals surface area contributed by atoms with Crippen LogP contribution in [0.3, 0.4) is 0 Å². The lowest BCUT2D eigenvalue weighted by Crippen LogP contribution is -2.39. The van der Waals surface area contributed by atoms with Crippen LogP contribution in [0.25, 0.3) is 0 Å². The van der Waals surface area contributed by atoms with Crippen LogP contribution in [-0.2, 0) is 11.3 Å². The van der Waals surface area contributed by atoms with E-state index in [-0.39, 0.29) is 5.91 Å². The maximum absolute atomic E-state index is 13.2. The minimum absolute atomic E-state index is 0.0978. The van der Waals surface area contributed by atoms with Gasteiger partial charge in [0.1, 0.15) is 0 Å². The summed E-state index contributed by atoms with van der Waals surface area (Å²) in [5, 5.41) is 0. The number of benzene rings is 1. The molecule has 0 saturated carbocycles. The lowest BCUT2D eigenvalue weighted by Gasteiger charge is -2.28. The summed E-state index contributed by atoms with van der Waals surface area (Å²) in [6.45, 7) is 10.00. The van der Waals surface area contributed by atoms with Crippen LogP contribution in [0.15, 0.2) is 42.7 Å². The molecule has 1 aromatic carbocycles. The number of carbonyl (C=O) groups excluding carboxylic acids is 1. The number of rotatable bonds is 7. The van der Waals surface area contributed by atoms with Gasteiger partial charge in [-0.05, 0) is 50.1 Å². The largest absolute Gasteiger partial charge is 0.379 e. The fourth-order valence-corrected chi connectivity index (χ4v) is 3.55. The molecule has 1 fully saturated rings. The highest BCUT2D eigenvalue weighted by molar-refractivity contribution is 5.94. The normalized spacial score (nSPS) is 14.9. The Morgan fingerprint density at radius 2 is 1.78 bits per heavy atom. The van der Waals surface area contributed by atoms with Gasteiger partial charge in [-0.3, -0.25) is 14.7 Å². The second-order valence-electron chi connectivity index (χ2n) is 7.27. The molecular formula is C22H29N3O2. The van der Waals surface area contributed by atoms with Gasteiger partial charge < -0.3 is 9.64 Å². The summed E-state index contributed by atoms with van der Waals surface area (Å²) in [6, 6.07) is 10.0. The minimum Gasteiger partial charge on any atom is -0.379 e. The van der Waals surface area contributed by atoms with E-state index < -0.39 is 0 Å². The molecule has 0 N–H and O–H groups in total. The number of hydrogen-bond acceptors (Lipinski definition) is 4. The number of amides is 1. The first-order valence-electron chi connectivity index (χ1n) is 9.68. The van der Waals surface area contributed by atoms with Crippen LogP contribution in [0.4, 0.5) is 0 Å². The van der Waals surface area contributed by atoms with Crippen molar-refractivity contribution >= 4 is 5.91 Å². The van der Waals surface area contributed by atoms with Crippen LogP contribution in [0.5, 0.6) is 0 Å². The fraction of sp³-hybridized carbons (Fsp3) is 0.455. The zero-order valence-corrected chi connectivity index (χ0v) is 16.4. The van der Waals surface area contributed by atoms with E-state index in [4.69, 9.17) is 4.74 Å². The molecule has 1 aromatic heterocycles. The van der Waals surface area contributed by atoms with Gasteiger partial charge in [0.15, 0.2) is 0 Å². The van der Waals surface area contributed by atoms with Gasteiger partial charge >= 0.3 is 0 Å². The van der Waals surface area contributed by atoms with Gasteiger partial charge in [-0.15, -0.1) is 0 Å².